The van der Waals surface area contributed by atoms with Crippen LogP contribution in [0.1, 0.15) is 52.7 Å². The highest BCUT2D eigenvalue weighted by Crippen LogP contribution is 2.56. The standard InChI is InChI=1S/C110H80BN5O/c1-109(2,3)75-53-59-97-88(65-75)89-66-76(110(4,5)6)54-60-98(89)114(97)103-64-73(61-90-87-43-23-28-52-104(87)117-108(90)103)74-62-101-105-102(63-74)116(107-81(71-35-15-9-16-36-71)46-30-47-82(107)72-37-17-10-18-38-72)100-68-78(113-95-50-26-21-41-85(95)86-42-22-27-51-96(86)113)56-58-92(100)111(105)91-57-55-77(112-93-48-24-19-39-83(93)84-40-20-25-49-94(84)112)67-99(91)115(101)106-79(69-31-11-7-12-32-69)44-29-45-80(106)70-33-13-8-14-34-70/h7-68H,1-6H3. The van der Waals surface area contributed by atoms with Gasteiger partial charge in [-0.05, 0) is 175 Å². The largest absolute Gasteiger partial charge is 0.454 e. The number of hydrogen-bond donors (Lipinski definition) is 0. The van der Waals surface area contributed by atoms with Crippen molar-refractivity contribution in [1.29, 1.82) is 0 Å². The number of rotatable bonds is 10. The Labute approximate surface area is 680 Å². The van der Waals surface area contributed by atoms with E-state index in [0.29, 0.717) is 0 Å². The minimum atomic E-state index is -0.321. The number of furan rings is 1. The summed E-state index contributed by atoms with van der Waals surface area (Å²) in [5.74, 6) is 0. The van der Waals surface area contributed by atoms with E-state index in [1.807, 2.05) is 0 Å². The second-order valence-electron chi connectivity index (χ2n) is 33.9. The van der Waals surface area contributed by atoms with E-state index in [1.165, 1.54) is 59.8 Å². The topological polar surface area (TPSA) is 34.4 Å². The Morgan fingerprint density at radius 1 is 0.239 bits per heavy atom. The highest BCUT2D eigenvalue weighted by molar-refractivity contribution is 7.00. The molecule has 2 aliphatic rings. The van der Waals surface area contributed by atoms with Gasteiger partial charge in [0.15, 0.2) is 5.58 Å². The molecule has 0 N–H and O–H groups in total. The Morgan fingerprint density at radius 2 is 0.581 bits per heavy atom. The SMILES string of the molecule is CC(C)(C)c1ccc2c(c1)c1cc(C(C)(C)C)ccc1n2-c1cc(-c2cc3c4c(c2)N(c2c(-c5ccccc5)cccc2-c2ccccc2)c2cc(-n5c6ccccc6c6ccccc65)ccc2B4c2ccc(-n4c5ccccc5c5ccccc54)cc2N3c2c(-c3ccccc3)cccc2-c2ccccc2)cc2c1oc1ccccc12. The second kappa shape index (κ2) is 26.1. The number of aromatic nitrogens is 3. The maximum Gasteiger partial charge on any atom is 0.252 e. The van der Waals surface area contributed by atoms with E-state index in [-0.39, 0.29) is 17.5 Å². The lowest BCUT2D eigenvalue weighted by Crippen LogP contribution is -2.61. The molecule has 0 unspecified atom stereocenters. The van der Waals surface area contributed by atoms with Gasteiger partial charge in [-0.1, -0.05) is 315 Å². The lowest BCUT2D eigenvalue weighted by Gasteiger charge is -2.46. The summed E-state index contributed by atoms with van der Waals surface area (Å²) in [5.41, 5.74) is 35.0. The quantitative estimate of drug-likeness (QED) is 0.128. The molecular weight excluding hydrogens is 1420 g/mol. The molecule has 0 bridgehead atoms. The number of para-hydroxylation sites is 7. The molecule has 0 fully saturated rings. The van der Waals surface area contributed by atoms with E-state index < -0.39 is 0 Å². The Hall–Kier alpha value is -14.4. The van der Waals surface area contributed by atoms with Crippen LogP contribution in [0.25, 0.3) is 160 Å². The fraction of sp³-hybridized carbons (Fsp3) is 0.0727. The zero-order chi connectivity index (χ0) is 78.1. The molecule has 117 heavy (non-hydrogen) atoms. The van der Waals surface area contributed by atoms with Gasteiger partial charge in [0.2, 0.25) is 0 Å². The summed E-state index contributed by atoms with van der Waals surface area (Å²) in [6.45, 7) is 13.6. The van der Waals surface area contributed by atoms with Crippen LogP contribution in [0.4, 0.5) is 34.1 Å². The van der Waals surface area contributed by atoms with Crippen molar-refractivity contribution in [3.8, 4) is 72.7 Å². The first-order valence-corrected chi connectivity index (χ1v) is 40.9. The minimum Gasteiger partial charge on any atom is -0.454 e. The van der Waals surface area contributed by atoms with Crippen molar-refractivity contribution in [2.75, 3.05) is 9.80 Å². The lowest BCUT2D eigenvalue weighted by atomic mass is 9.33. The predicted molar refractivity (Wildman–Crippen MR) is 495 cm³/mol. The second-order valence-corrected chi connectivity index (χ2v) is 33.9. The summed E-state index contributed by atoms with van der Waals surface area (Å²) < 4.78 is 14.9. The predicted octanol–water partition coefficient (Wildman–Crippen LogP) is 27.9. The van der Waals surface area contributed by atoms with Crippen LogP contribution in [0, 0.1) is 0 Å². The molecule has 0 saturated heterocycles. The van der Waals surface area contributed by atoms with E-state index in [2.05, 4.69) is 441 Å². The summed E-state index contributed by atoms with van der Waals surface area (Å²) in [6.07, 6.45) is 0. The fourth-order valence-electron chi connectivity index (χ4n) is 19.6. The Kier molecular flexibility index (Phi) is 15.2. The first-order valence-electron chi connectivity index (χ1n) is 40.9. The van der Waals surface area contributed by atoms with Gasteiger partial charge in [-0.3, -0.25) is 0 Å². The third-order valence-electron chi connectivity index (χ3n) is 25.1. The van der Waals surface area contributed by atoms with Crippen molar-refractivity contribution in [1.82, 2.24) is 13.7 Å². The van der Waals surface area contributed by atoms with Crippen molar-refractivity contribution >= 4 is 145 Å². The number of benzene rings is 17. The molecular formula is C110H80BN5O. The molecule has 17 aromatic carbocycles. The zero-order valence-electron chi connectivity index (χ0n) is 66.0. The smallest absolute Gasteiger partial charge is 0.252 e. The highest BCUT2D eigenvalue weighted by atomic mass is 16.3. The normalized spacial score (nSPS) is 12.8. The first kappa shape index (κ1) is 68.2. The van der Waals surface area contributed by atoms with Crippen LogP contribution in [-0.2, 0) is 10.8 Å². The molecule has 0 atom stereocenters. The van der Waals surface area contributed by atoms with Crippen molar-refractivity contribution in [2.24, 2.45) is 0 Å². The number of hydrogen-bond acceptors (Lipinski definition) is 3. The highest BCUT2D eigenvalue weighted by Gasteiger charge is 2.46. The Morgan fingerprint density at radius 3 is 0.974 bits per heavy atom. The molecule has 0 amide bonds. The Balaban J connectivity index is 0.912. The minimum absolute atomic E-state index is 0.100. The van der Waals surface area contributed by atoms with Gasteiger partial charge in [-0.15, -0.1) is 0 Å². The molecule has 0 radical (unpaired) electrons. The van der Waals surface area contributed by atoms with Gasteiger partial charge >= 0.3 is 0 Å². The number of nitrogens with zero attached hydrogens (tertiary/aromatic N) is 5. The van der Waals surface area contributed by atoms with Gasteiger partial charge in [0.1, 0.15) is 5.58 Å². The summed E-state index contributed by atoms with van der Waals surface area (Å²) >= 11 is 0. The van der Waals surface area contributed by atoms with Crippen molar-refractivity contribution in [2.45, 2.75) is 52.4 Å². The van der Waals surface area contributed by atoms with E-state index in [0.717, 1.165) is 162 Å². The van der Waals surface area contributed by atoms with Crippen LogP contribution >= 0.6 is 0 Å². The van der Waals surface area contributed by atoms with E-state index in [9.17, 15) is 0 Å². The summed E-state index contributed by atoms with van der Waals surface area (Å²) in [5, 5.41) is 9.35. The van der Waals surface area contributed by atoms with E-state index >= 15 is 0 Å². The average molecular weight is 1500 g/mol. The molecule has 4 aromatic heterocycles. The maximum absolute atomic E-state index is 7.41. The van der Waals surface area contributed by atoms with Crippen LogP contribution in [0.2, 0.25) is 0 Å². The third-order valence-corrected chi connectivity index (χ3v) is 25.1. The third kappa shape index (κ3) is 10.6. The van der Waals surface area contributed by atoms with Crippen LogP contribution in [0.5, 0.6) is 0 Å². The molecule has 2 aliphatic heterocycles. The van der Waals surface area contributed by atoms with Crippen molar-refractivity contribution < 1.29 is 4.42 Å². The number of anilines is 6. The average Bonchev–Trinajstić information content (AvgIpc) is 0.853. The molecule has 0 spiro atoms. The van der Waals surface area contributed by atoms with Gasteiger partial charge in [-0.25, -0.2) is 0 Å². The monoisotopic (exact) mass is 1500 g/mol. The molecule has 0 saturated carbocycles. The van der Waals surface area contributed by atoms with Crippen molar-refractivity contribution in [3.63, 3.8) is 0 Å². The van der Waals surface area contributed by atoms with Gasteiger partial charge in [0, 0.05) is 99.5 Å². The maximum atomic E-state index is 7.41. The summed E-state index contributed by atoms with van der Waals surface area (Å²) in [6, 6.07) is 142. The van der Waals surface area contributed by atoms with Crippen molar-refractivity contribution in [3.05, 3.63) is 387 Å². The molecule has 7 heteroatoms. The van der Waals surface area contributed by atoms with Crippen LogP contribution < -0.4 is 26.2 Å². The Bertz CT molecular complexity index is 7050. The van der Waals surface area contributed by atoms with Crippen LogP contribution in [0.15, 0.2) is 381 Å². The van der Waals surface area contributed by atoms with E-state index in [1.54, 1.807) is 0 Å². The fourth-order valence-corrected chi connectivity index (χ4v) is 19.6. The molecule has 23 rings (SSSR count). The van der Waals surface area contributed by atoms with Crippen LogP contribution in [-0.4, -0.2) is 20.4 Å². The van der Waals surface area contributed by atoms with Gasteiger partial charge in [-0.2, -0.15) is 0 Å². The van der Waals surface area contributed by atoms with Gasteiger partial charge in [0.25, 0.3) is 6.71 Å². The molecule has 6 nitrogen and oxygen atoms in total. The summed E-state index contributed by atoms with van der Waals surface area (Å²) in [7, 11) is 0. The molecule has 0 aliphatic carbocycles. The van der Waals surface area contributed by atoms with E-state index in [4.69, 9.17) is 4.42 Å². The number of fused-ring (bicyclic) bond motifs is 16. The lowest BCUT2D eigenvalue weighted by molar-refractivity contribution is 0.590. The van der Waals surface area contributed by atoms with Gasteiger partial charge in [0.05, 0.1) is 50.2 Å². The molecule has 21 aromatic rings. The first-order chi connectivity index (χ1) is 57.3. The van der Waals surface area contributed by atoms with Gasteiger partial charge < -0.3 is 27.9 Å². The molecule has 554 valence electrons. The van der Waals surface area contributed by atoms with Crippen LogP contribution in [0.3, 0.4) is 0 Å². The summed E-state index contributed by atoms with van der Waals surface area (Å²) in [4.78, 5) is 5.40. The molecule has 6 heterocycles. The zero-order valence-corrected chi connectivity index (χ0v) is 66.0.